The van der Waals surface area contributed by atoms with E-state index in [0.29, 0.717) is 11.4 Å². The summed E-state index contributed by atoms with van der Waals surface area (Å²) in [6, 6.07) is 8.77. The number of rotatable bonds is 6. The lowest BCUT2D eigenvalue weighted by atomic mass is 10.0. The van der Waals surface area contributed by atoms with Crippen LogP contribution in [0.2, 0.25) is 0 Å². The van der Waals surface area contributed by atoms with Gasteiger partial charge in [-0.2, -0.15) is 4.98 Å². The number of anilines is 1. The fourth-order valence-electron chi connectivity index (χ4n) is 3.17. The Kier molecular flexibility index (Phi) is 5.77. The van der Waals surface area contributed by atoms with Crippen molar-refractivity contribution in [2.75, 3.05) is 17.2 Å². The van der Waals surface area contributed by atoms with Crippen LogP contribution in [0.3, 0.4) is 0 Å². The van der Waals surface area contributed by atoms with Crippen molar-refractivity contribution in [3.63, 3.8) is 0 Å². The van der Waals surface area contributed by atoms with Gasteiger partial charge in [0.1, 0.15) is 16.1 Å². The van der Waals surface area contributed by atoms with Gasteiger partial charge >= 0.3 is 0 Å². The zero-order valence-electron chi connectivity index (χ0n) is 16.0. The Bertz CT molecular complexity index is 990. The van der Waals surface area contributed by atoms with E-state index in [1.54, 1.807) is 11.3 Å². The van der Waals surface area contributed by atoms with Crippen LogP contribution in [-0.2, 0) is 17.8 Å². The van der Waals surface area contributed by atoms with Crippen LogP contribution in [0.1, 0.15) is 31.4 Å². The van der Waals surface area contributed by atoms with Crippen LogP contribution in [0, 0.1) is 0 Å². The van der Waals surface area contributed by atoms with Gasteiger partial charge in [-0.1, -0.05) is 54.3 Å². The summed E-state index contributed by atoms with van der Waals surface area (Å²) in [5.41, 5.74) is 3.48. The lowest BCUT2D eigenvalue weighted by Crippen LogP contribution is -2.33. The minimum atomic E-state index is 0.0310. The minimum Gasteiger partial charge on any atom is -0.353 e. The first-order valence-corrected chi connectivity index (χ1v) is 11.3. The highest BCUT2D eigenvalue weighted by Crippen LogP contribution is 2.35. The summed E-state index contributed by atoms with van der Waals surface area (Å²) in [5, 5.41) is 4.78. The van der Waals surface area contributed by atoms with E-state index < -0.39 is 0 Å². The van der Waals surface area contributed by atoms with Crippen molar-refractivity contribution in [2.24, 2.45) is 0 Å². The predicted molar refractivity (Wildman–Crippen MR) is 115 cm³/mol. The van der Waals surface area contributed by atoms with Crippen LogP contribution in [0.5, 0.6) is 0 Å². The lowest BCUT2D eigenvalue weighted by molar-refractivity contribution is -0.119. The normalized spacial score (nSPS) is 14.7. The Morgan fingerprint density at radius 3 is 2.96 bits per heavy atom. The molecule has 1 atom stereocenters. The average molecular weight is 414 g/mol. The number of thioether (sulfide) groups is 1. The quantitative estimate of drug-likeness (QED) is 0.491. The summed E-state index contributed by atoms with van der Waals surface area (Å²) < 4.78 is 0.956. The van der Waals surface area contributed by atoms with Gasteiger partial charge in [0.15, 0.2) is 10.8 Å². The van der Waals surface area contributed by atoms with E-state index in [0.717, 1.165) is 40.8 Å². The molecule has 6 nitrogen and oxygen atoms in total. The monoisotopic (exact) mass is 413 g/mol. The van der Waals surface area contributed by atoms with Gasteiger partial charge in [0.25, 0.3) is 0 Å². The second-order valence-corrected chi connectivity index (χ2v) is 8.88. The zero-order valence-corrected chi connectivity index (χ0v) is 17.6. The standard InChI is InChI=1S/C20H23N5OS2/c1-3-13(2)23-16(26)11-27-19-17-18(21-12-22-19)24-20(28-17)25-9-8-14-6-4-5-7-15(14)10-25/h4-7,12-13H,3,8-11H2,1-2H3,(H,23,26)/t13-/m1/s1. The van der Waals surface area contributed by atoms with Gasteiger partial charge in [0.05, 0.1) is 5.75 Å². The van der Waals surface area contributed by atoms with Crippen LogP contribution >= 0.6 is 23.1 Å². The van der Waals surface area contributed by atoms with Gasteiger partial charge in [0, 0.05) is 19.1 Å². The van der Waals surface area contributed by atoms with E-state index >= 15 is 0 Å². The summed E-state index contributed by atoms with van der Waals surface area (Å²) in [7, 11) is 0. The highest BCUT2D eigenvalue weighted by molar-refractivity contribution is 8.00. The molecule has 3 heterocycles. The van der Waals surface area contributed by atoms with Crippen molar-refractivity contribution in [1.29, 1.82) is 0 Å². The molecule has 3 aromatic rings. The zero-order chi connectivity index (χ0) is 19.5. The van der Waals surface area contributed by atoms with E-state index in [1.807, 2.05) is 6.92 Å². The maximum atomic E-state index is 12.1. The third-order valence-corrected chi connectivity index (χ3v) is 7.14. The molecule has 1 aliphatic heterocycles. The van der Waals surface area contributed by atoms with Gasteiger partial charge in [-0.15, -0.1) is 0 Å². The number of benzene rings is 1. The number of thiazole rings is 1. The van der Waals surface area contributed by atoms with Crippen LogP contribution in [-0.4, -0.2) is 39.2 Å². The Hall–Kier alpha value is -2.19. The number of aromatic nitrogens is 3. The van der Waals surface area contributed by atoms with Crippen LogP contribution in [0.4, 0.5) is 5.13 Å². The Labute approximate surface area is 172 Å². The molecule has 28 heavy (non-hydrogen) atoms. The van der Waals surface area contributed by atoms with Gasteiger partial charge in [-0.3, -0.25) is 4.79 Å². The predicted octanol–water partition coefficient (Wildman–Crippen LogP) is 3.66. The highest BCUT2D eigenvalue weighted by Gasteiger charge is 2.21. The molecule has 1 aromatic carbocycles. The number of hydrogen-bond donors (Lipinski definition) is 1. The highest BCUT2D eigenvalue weighted by atomic mass is 32.2. The number of carbonyl (C=O) groups is 1. The van der Waals surface area contributed by atoms with Gasteiger partial charge < -0.3 is 10.2 Å². The molecule has 0 saturated heterocycles. The first kappa shape index (κ1) is 19.1. The van der Waals surface area contributed by atoms with Gasteiger partial charge in [-0.25, -0.2) is 9.97 Å². The molecule has 1 amide bonds. The van der Waals surface area contributed by atoms with Crippen LogP contribution < -0.4 is 10.2 Å². The fourth-order valence-corrected chi connectivity index (χ4v) is 5.10. The topological polar surface area (TPSA) is 71.0 Å². The maximum Gasteiger partial charge on any atom is 0.230 e. The van der Waals surface area contributed by atoms with E-state index in [4.69, 9.17) is 4.98 Å². The molecule has 1 aliphatic rings. The molecular formula is C20H23N5OS2. The second kappa shape index (κ2) is 8.45. The van der Waals surface area contributed by atoms with Crippen molar-refractivity contribution in [1.82, 2.24) is 20.3 Å². The number of amides is 1. The molecule has 0 aliphatic carbocycles. The molecule has 0 spiro atoms. The van der Waals surface area contributed by atoms with E-state index in [2.05, 4.69) is 51.4 Å². The maximum absolute atomic E-state index is 12.1. The third-order valence-electron chi connectivity index (χ3n) is 4.91. The molecule has 146 valence electrons. The molecule has 0 radical (unpaired) electrons. The first-order valence-electron chi connectivity index (χ1n) is 9.49. The molecule has 4 rings (SSSR count). The van der Waals surface area contributed by atoms with E-state index in [-0.39, 0.29) is 11.9 Å². The molecular weight excluding hydrogens is 390 g/mol. The number of fused-ring (bicyclic) bond motifs is 2. The van der Waals surface area contributed by atoms with Crippen molar-refractivity contribution in [3.05, 3.63) is 41.7 Å². The van der Waals surface area contributed by atoms with Crippen molar-refractivity contribution < 1.29 is 4.79 Å². The molecule has 0 saturated carbocycles. The van der Waals surface area contributed by atoms with Crippen molar-refractivity contribution in [3.8, 4) is 0 Å². The molecule has 0 unspecified atom stereocenters. The van der Waals surface area contributed by atoms with Crippen LogP contribution in [0.25, 0.3) is 10.3 Å². The molecule has 2 aromatic heterocycles. The first-order chi connectivity index (χ1) is 13.6. The third kappa shape index (κ3) is 4.12. The minimum absolute atomic E-state index is 0.0310. The Morgan fingerprint density at radius 2 is 2.14 bits per heavy atom. The van der Waals surface area contributed by atoms with Crippen LogP contribution in [0.15, 0.2) is 35.6 Å². The van der Waals surface area contributed by atoms with Gasteiger partial charge in [-0.05, 0) is 30.9 Å². The van der Waals surface area contributed by atoms with Gasteiger partial charge in [0.2, 0.25) is 5.91 Å². The Balaban J connectivity index is 1.50. The molecule has 1 N–H and O–H groups in total. The van der Waals surface area contributed by atoms with Crippen molar-refractivity contribution >= 4 is 44.5 Å². The molecule has 0 fully saturated rings. The average Bonchev–Trinajstić information content (AvgIpc) is 3.16. The second-order valence-electron chi connectivity index (χ2n) is 6.93. The summed E-state index contributed by atoms with van der Waals surface area (Å²) >= 11 is 3.06. The SMILES string of the molecule is CC[C@@H](C)NC(=O)CSc1ncnc2nc(N3CCc4ccccc4C3)sc12. The lowest BCUT2D eigenvalue weighted by Gasteiger charge is -2.28. The molecule has 8 heteroatoms. The summed E-state index contributed by atoms with van der Waals surface area (Å²) in [6.07, 6.45) is 3.48. The number of carbonyl (C=O) groups excluding carboxylic acids is 1. The van der Waals surface area contributed by atoms with E-state index in [1.165, 1.54) is 29.2 Å². The number of nitrogens with zero attached hydrogens (tertiary/aromatic N) is 4. The molecule has 0 bridgehead atoms. The summed E-state index contributed by atoms with van der Waals surface area (Å²) in [6.45, 7) is 5.88. The largest absolute Gasteiger partial charge is 0.353 e. The van der Waals surface area contributed by atoms with E-state index in [9.17, 15) is 4.79 Å². The summed E-state index contributed by atoms with van der Waals surface area (Å²) in [5.74, 6) is 0.379. The fraction of sp³-hybridized carbons (Fsp3) is 0.400. The number of nitrogens with one attached hydrogen (secondary N) is 1. The number of hydrogen-bond acceptors (Lipinski definition) is 7. The smallest absolute Gasteiger partial charge is 0.230 e. The Morgan fingerprint density at radius 1 is 1.32 bits per heavy atom. The van der Waals surface area contributed by atoms with Crippen molar-refractivity contribution in [2.45, 2.75) is 44.3 Å². The summed E-state index contributed by atoms with van der Waals surface area (Å²) in [4.78, 5) is 27.9.